The minimum absolute atomic E-state index is 0.0921. The Morgan fingerprint density at radius 1 is 1.39 bits per heavy atom. The number of para-hydroxylation sites is 1. The lowest BCUT2D eigenvalue weighted by Crippen LogP contribution is -2.39. The van der Waals surface area contributed by atoms with Gasteiger partial charge in [-0.25, -0.2) is 4.79 Å². The highest BCUT2D eigenvalue weighted by Crippen LogP contribution is 2.31. The number of amides is 2. The van der Waals surface area contributed by atoms with E-state index < -0.39 is 5.97 Å². The number of carboxylic acids is 1. The van der Waals surface area contributed by atoms with E-state index in [0.29, 0.717) is 6.61 Å². The van der Waals surface area contributed by atoms with Crippen molar-refractivity contribution in [3.63, 3.8) is 0 Å². The number of benzene rings is 1. The molecule has 0 saturated heterocycles. The van der Waals surface area contributed by atoms with E-state index in [1.807, 2.05) is 24.3 Å². The summed E-state index contributed by atoms with van der Waals surface area (Å²) in [5.74, 6) is -0.168. The van der Waals surface area contributed by atoms with E-state index >= 15 is 0 Å². The standard InChI is InChI=1S/C12H14N2O4/c15-11(16)5-6-13-12(17)14-9-7-18-10-4-2-1-3-8(9)10/h1-4,9H,5-7H2,(H,15,16)(H2,13,14,17). The Hall–Kier alpha value is -2.24. The van der Waals surface area contributed by atoms with E-state index in [1.165, 1.54) is 0 Å². The first-order chi connectivity index (χ1) is 8.66. The number of urea groups is 1. The summed E-state index contributed by atoms with van der Waals surface area (Å²) in [6.07, 6.45) is -0.0921. The van der Waals surface area contributed by atoms with Gasteiger partial charge in [0.15, 0.2) is 0 Å². The van der Waals surface area contributed by atoms with Gasteiger partial charge in [-0.05, 0) is 6.07 Å². The van der Waals surface area contributed by atoms with Crippen molar-refractivity contribution in [3.8, 4) is 5.75 Å². The molecule has 1 unspecified atom stereocenters. The number of rotatable bonds is 4. The van der Waals surface area contributed by atoms with Crippen molar-refractivity contribution in [2.75, 3.05) is 13.2 Å². The summed E-state index contributed by atoms with van der Waals surface area (Å²) >= 11 is 0. The molecule has 0 aliphatic carbocycles. The second-order valence-corrected chi connectivity index (χ2v) is 3.95. The highest BCUT2D eigenvalue weighted by molar-refractivity contribution is 5.75. The van der Waals surface area contributed by atoms with Gasteiger partial charge in [0.25, 0.3) is 0 Å². The Bertz CT molecular complexity index is 461. The molecule has 1 aromatic carbocycles. The number of fused-ring (bicyclic) bond motifs is 1. The normalized spacial score (nSPS) is 16.6. The van der Waals surface area contributed by atoms with Crippen molar-refractivity contribution in [1.29, 1.82) is 0 Å². The van der Waals surface area contributed by atoms with Crippen LogP contribution in [0.4, 0.5) is 4.79 Å². The minimum atomic E-state index is -0.940. The Morgan fingerprint density at radius 2 is 2.17 bits per heavy atom. The molecule has 3 N–H and O–H groups in total. The summed E-state index contributed by atoms with van der Waals surface area (Å²) in [5.41, 5.74) is 0.936. The molecule has 2 rings (SSSR count). The summed E-state index contributed by atoms with van der Waals surface area (Å²) in [7, 11) is 0. The minimum Gasteiger partial charge on any atom is -0.491 e. The third-order valence-electron chi connectivity index (χ3n) is 2.63. The lowest BCUT2D eigenvalue weighted by atomic mass is 10.1. The Morgan fingerprint density at radius 3 is 2.94 bits per heavy atom. The molecule has 0 spiro atoms. The van der Waals surface area contributed by atoms with Crippen molar-refractivity contribution in [2.45, 2.75) is 12.5 Å². The number of ether oxygens (including phenoxy) is 1. The highest BCUT2D eigenvalue weighted by atomic mass is 16.5. The fourth-order valence-corrected chi connectivity index (χ4v) is 1.77. The molecule has 1 heterocycles. The fourth-order valence-electron chi connectivity index (χ4n) is 1.77. The average molecular weight is 250 g/mol. The van der Waals surface area contributed by atoms with Gasteiger partial charge in [-0.3, -0.25) is 4.79 Å². The van der Waals surface area contributed by atoms with Crippen LogP contribution in [-0.2, 0) is 4.79 Å². The largest absolute Gasteiger partial charge is 0.491 e. The van der Waals surface area contributed by atoms with Crippen molar-refractivity contribution < 1.29 is 19.4 Å². The van der Waals surface area contributed by atoms with Crippen LogP contribution >= 0.6 is 0 Å². The molecule has 2 amide bonds. The van der Waals surface area contributed by atoms with E-state index in [1.54, 1.807) is 0 Å². The number of carbonyl (C=O) groups excluding carboxylic acids is 1. The predicted molar refractivity (Wildman–Crippen MR) is 63.5 cm³/mol. The van der Waals surface area contributed by atoms with Gasteiger partial charge in [-0.1, -0.05) is 18.2 Å². The molecular weight excluding hydrogens is 236 g/mol. The molecule has 0 saturated carbocycles. The fraction of sp³-hybridized carbons (Fsp3) is 0.333. The van der Waals surface area contributed by atoms with E-state index in [2.05, 4.69) is 10.6 Å². The van der Waals surface area contributed by atoms with Crippen LogP contribution in [0, 0.1) is 0 Å². The van der Waals surface area contributed by atoms with Gasteiger partial charge in [0.05, 0.1) is 12.5 Å². The van der Waals surface area contributed by atoms with Gasteiger partial charge in [0, 0.05) is 12.1 Å². The van der Waals surface area contributed by atoms with Crippen LogP contribution in [0.25, 0.3) is 0 Å². The van der Waals surface area contributed by atoms with Crippen LogP contribution in [0.1, 0.15) is 18.0 Å². The number of hydrogen-bond acceptors (Lipinski definition) is 3. The van der Waals surface area contributed by atoms with Crippen LogP contribution in [-0.4, -0.2) is 30.3 Å². The number of aliphatic carboxylic acids is 1. The van der Waals surface area contributed by atoms with Gasteiger partial charge in [-0.15, -0.1) is 0 Å². The molecule has 0 aromatic heterocycles. The molecule has 96 valence electrons. The molecular formula is C12H14N2O4. The number of hydrogen-bond donors (Lipinski definition) is 3. The van der Waals surface area contributed by atoms with Crippen LogP contribution in [0.15, 0.2) is 24.3 Å². The maximum atomic E-state index is 11.5. The molecule has 1 atom stereocenters. The molecule has 18 heavy (non-hydrogen) atoms. The maximum absolute atomic E-state index is 11.5. The Balaban J connectivity index is 1.84. The summed E-state index contributed by atoms with van der Waals surface area (Å²) < 4.78 is 5.42. The molecule has 1 aliphatic rings. The molecule has 0 bridgehead atoms. The summed E-state index contributed by atoms with van der Waals surface area (Å²) in [6, 6.07) is 6.91. The summed E-state index contributed by atoms with van der Waals surface area (Å²) in [5, 5.41) is 13.7. The number of nitrogens with one attached hydrogen (secondary N) is 2. The smallest absolute Gasteiger partial charge is 0.315 e. The molecule has 1 aliphatic heterocycles. The van der Waals surface area contributed by atoms with Crippen molar-refractivity contribution >= 4 is 12.0 Å². The summed E-state index contributed by atoms with van der Waals surface area (Å²) in [4.78, 5) is 21.8. The second kappa shape index (κ2) is 5.39. The van der Waals surface area contributed by atoms with Crippen LogP contribution < -0.4 is 15.4 Å². The van der Waals surface area contributed by atoms with Crippen LogP contribution in [0.3, 0.4) is 0 Å². The van der Waals surface area contributed by atoms with Crippen molar-refractivity contribution in [3.05, 3.63) is 29.8 Å². The monoisotopic (exact) mass is 250 g/mol. The van der Waals surface area contributed by atoms with Crippen LogP contribution in [0.2, 0.25) is 0 Å². The van der Waals surface area contributed by atoms with Gasteiger partial charge >= 0.3 is 12.0 Å². The lowest BCUT2D eigenvalue weighted by Gasteiger charge is -2.12. The zero-order valence-electron chi connectivity index (χ0n) is 9.68. The van der Waals surface area contributed by atoms with E-state index in [9.17, 15) is 9.59 Å². The summed E-state index contributed by atoms with van der Waals surface area (Å²) in [6.45, 7) is 0.502. The quantitative estimate of drug-likeness (QED) is 0.740. The first kappa shape index (κ1) is 12.2. The zero-order chi connectivity index (χ0) is 13.0. The predicted octanol–water partition coefficient (Wildman–Crippen LogP) is 0.894. The van der Waals surface area contributed by atoms with Gasteiger partial charge in [0.1, 0.15) is 12.4 Å². The SMILES string of the molecule is O=C(O)CCNC(=O)NC1COc2ccccc21. The number of carbonyl (C=O) groups is 2. The van der Waals surface area contributed by atoms with Gasteiger partial charge < -0.3 is 20.5 Å². The molecule has 6 heteroatoms. The van der Waals surface area contributed by atoms with Crippen molar-refractivity contribution in [1.82, 2.24) is 10.6 Å². The van der Waals surface area contributed by atoms with E-state index in [0.717, 1.165) is 11.3 Å². The van der Waals surface area contributed by atoms with Crippen LogP contribution in [0.5, 0.6) is 5.75 Å². The Kier molecular flexibility index (Phi) is 3.66. The first-order valence-electron chi connectivity index (χ1n) is 5.64. The molecule has 6 nitrogen and oxygen atoms in total. The van der Waals surface area contributed by atoms with E-state index in [-0.39, 0.29) is 25.0 Å². The van der Waals surface area contributed by atoms with Gasteiger partial charge in [0.2, 0.25) is 0 Å². The Labute approximate surface area is 104 Å². The first-order valence-corrected chi connectivity index (χ1v) is 5.64. The van der Waals surface area contributed by atoms with Crippen molar-refractivity contribution in [2.24, 2.45) is 0 Å². The zero-order valence-corrected chi connectivity index (χ0v) is 9.68. The van der Waals surface area contributed by atoms with E-state index in [4.69, 9.17) is 9.84 Å². The highest BCUT2D eigenvalue weighted by Gasteiger charge is 2.24. The third kappa shape index (κ3) is 2.91. The number of carboxylic acid groups (broad SMARTS) is 1. The lowest BCUT2D eigenvalue weighted by molar-refractivity contribution is -0.136. The molecule has 0 fully saturated rings. The van der Waals surface area contributed by atoms with Gasteiger partial charge in [-0.2, -0.15) is 0 Å². The second-order valence-electron chi connectivity index (χ2n) is 3.95. The average Bonchev–Trinajstić information content (AvgIpc) is 2.72. The third-order valence-corrected chi connectivity index (χ3v) is 2.63. The maximum Gasteiger partial charge on any atom is 0.315 e. The topological polar surface area (TPSA) is 87.7 Å². The molecule has 0 radical (unpaired) electrons. The molecule has 1 aromatic rings.